The second-order valence-electron chi connectivity index (χ2n) is 10.1. The molecule has 0 saturated carbocycles. The van der Waals surface area contributed by atoms with E-state index in [2.05, 4.69) is 41.3 Å². The van der Waals surface area contributed by atoms with Crippen LogP contribution in [0.1, 0.15) is 41.1 Å². The van der Waals surface area contributed by atoms with E-state index in [1.807, 2.05) is 24.4 Å². The van der Waals surface area contributed by atoms with Crippen LogP contribution in [-0.2, 0) is 13.0 Å². The van der Waals surface area contributed by atoms with Gasteiger partial charge in [0.15, 0.2) is 23.0 Å². The summed E-state index contributed by atoms with van der Waals surface area (Å²) in [6.07, 6.45) is 4.87. The number of benzene rings is 3. The summed E-state index contributed by atoms with van der Waals surface area (Å²) in [5, 5.41) is 2.20. The Balaban J connectivity index is 1.42. The third kappa shape index (κ3) is 5.65. The number of hydrogen-bond acceptors (Lipinski definition) is 7. The number of hydrogen-bond donors (Lipinski definition) is 0. The Bertz CT molecular complexity index is 1460. The summed E-state index contributed by atoms with van der Waals surface area (Å²) in [6, 6.07) is 18.5. The third-order valence-corrected chi connectivity index (χ3v) is 7.94. The third-order valence-electron chi connectivity index (χ3n) is 7.94. The predicted octanol–water partition coefficient (Wildman–Crippen LogP) is 6.25. The zero-order valence-corrected chi connectivity index (χ0v) is 24.0. The molecule has 1 saturated heterocycles. The number of methoxy groups -OCH3 is 5. The van der Waals surface area contributed by atoms with Crippen molar-refractivity contribution in [3.63, 3.8) is 0 Å². The molecule has 1 fully saturated rings. The lowest BCUT2D eigenvalue weighted by molar-refractivity contribution is 0.203. The highest BCUT2D eigenvalue weighted by atomic mass is 16.5. The summed E-state index contributed by atoms with van der Waals surface area (Å²) in [5.41, 5.74) is 4.56. The van der Waals surface area contributed by atoms with E-state index in [0.29, 0.717) is 29.6 Å². The second-order valence-corrected chi connectivity index (χ2v) is 10.1. The number of aromatic nitrogens is 1. The minimum Gasteiger partial charge on any atom is -0.496 e. The lowest BCUT2D eigenvalue weighted by Gasteiger charge is -2.33. The fourth-order valence-electron chi connectivity index (χ4n) is 5.78. The number of pyridine rings is 1. The molecule has 1 aliphatic heterocycles. The van der Waals surface area contributed by atoms with Gasteiger partial charge in [-0.15, -0.1) is 0 Å². The SMILES string of the molecule is COc1ccc(Cc2ncc(CN3CCC(c4ccccc4OC)CC3)c3cc(OC)c(OC)cc23)cc1OC. The van der Waals surface area contributed by atoms with Gasteiger partial charge in [0.05, 0.1) is 41.2 Å². The zero-order chi connectivity index (χ0) is 28.1. The van der Waals surface area contributed by atoms with Crippen LogP contribution in [0.15, 0.2) is 60.8 Å². The van der Waals surface area contributed by atoms with Gasteiger partial charge in [0, 0.05) is 24.5 Å². The molecular weight excluding hydrogens is 504 g/mol. The minimum absolute atomic E-state index is 0.510. The maximum absolute atomic E-state index is 5.69. The lowest BCUT2D eigenvalue weighted by atomic mass is 9.88. The van der Waals surface area contributed by atoms with Gasteiger partial charge in [-0.05, 0) is 84.3 Å². The average molecular weight is 543 g/mol. The summed E-state index contributed by atoms with van der Waals surface area (Å²) in [6.45, 7) is 2.87. The van der Waals surface area contributed by atoms with E-state index in [4.69, 9.17) is 28.7 Å². The van der Waals surface area contributed by atoms with Crippen molar-refractivity contribution in [3.8, 4) is 28.7 Å². The molecule has 0 aliphatic carbocycles. The highest BCUT2D eigenvalue weighted by Gasteiger charge is 2.24. The molecular formula is C33H38N2O5. The number of piperidine rings is 1. The van der Waals surface area contributed by atoms with Crippen LogP contribution >= 0.6 is 0 Å². The maximum Gasteiger partial charge on any atom is 0.161 e. The van der Waals surface area contributed by atoms with Crippen molar-refractivity contribution in [2.45, 2.75) is 31.7 Å². The Labute approximate surface area is 236 Å². The standard InChI is InChI=1S/C33H38N2O5/c1-36-29-9-7-6-8-25(29)23-12-14-35(15-13-23)21-24-20-34-28(16-22-10-11-30(37-2)31(17-22)38-3)27-19-33(40-5)32(39-4)18-26(24)27/h6-11,17-20,23H,12-16,21H2,1-5H3. The molecule has 7 nitrogen and oxygen atoms in total. The number of nitrogens with zero attached hydrogens (tertiary/aromatic N) is 2. The highest BCUT2D eigenvalue weighted by molar-refractivity contribution is 5.90. The quantitative estimate of drug-likeness (QED) is 0.235. The van der Waals surface area contributed by atoms with Gasteiger partial charge in [-0.25, -0.2) is 0 Å². The van der Waals surface area contributed by atoms with E-state index in [1.54, 1.807) is 35.5 Å². The molecule has 0 radical (unpaired) electrons. The number of likely N-dealkylation sites (tertiary alicyclic amines) is 1. The summed E-state index contributed by atoms with van der Waals surface area (Å²) in [7, 11) is 8.40. The fraction of sp³-hybridized carbons (Fsp3) is 0.364. The van der Waals surface area contributed by atoms with E-state index in [1.165, 1.54) is 11.1 Å². The van der Waals surface area contributed by atoms with Crippen LogP contribution < -0.4 is 23.7 Å². The zero-order valence-electron chi connectivity index (χ0n) is 24.0. The largest absolute Gasteiger partial charge is 0.496 e. The molecule has 0 spiro atoms. The van der Waals surface area contributed by atoms with E-state index < -0.39 is 0 Å². The molecule has 40 heavy (non-hydrogen) atoms. The number of rotatable bonds is 10. The van der Waals surface area contributed by atoms with E-state index in [9.17, 15) is 0 Å². The Morgan fingerprint density at radius 2 is 1.32 bits per heavy atom. The summed E-state index contributed by atoms with van der Waals surface area (Å²) in [4.78, 5) is 7.49. The maximum atomic E-state index is 5.69. The molecule has 1 aromatic heterocycles. The summed E-state index contributed by atoms with van der Waals surface area (Å²) >= 11 is 0. The second kappa shape index (κ2) is 12.5. The van der Waals surface area contributed by atoms with Crippen LogP contribution in [-0.4, -0.2) is 58.5 Å². The van der Waals surface area contributed by atoms with Gasteiger partial charge in [0.25, 0.3) is 0 Å². The predicted molar refractivity (Wildman–Crippen MR) is 157 cm³/mol. The van der Waals surface area contributed by atoms with Gasteiger partial charge in [-0.1, -0.05) is 24.3 Å². The molecule has 0 unspecified atom stereocenters. The first-order valence-electron chi connectivity index (χ1n) is 13.7. The summed E-state index contributed by atoms with van der Waals surface area (Å²) in [5.74, 6) is 4.32. The van der Waals surface area contributed by atoms with Gasteiger partial charge >= 0.3 is 0 Å². The van der Waals surface area contributed by atoms with E-state index >= 15 is 0 Å². The molecule has 7 heteroatoms. The first kappa shape index (κ1) is 27.6. The van der Waals surface area contributed by atoms with Crippen molar-refractivity contribution in [3.05, 3.63) is 83.2 Å². The van der Waals surface area contributed by atoms with Gasteiger partial charge < -0.3 is 23.7 Å². The fourth-order valence-corrected chi connectivity index (χ4v) is 5.78. The van der Waals surface area contributed by atoms with E-state index in [0.717, 1.165) is 66.0 Å². The monoisotopic (exact) mass is 542 g/mol. The number of para-hydroxylation sites is 1. The molecule has 3 aromatic carbocycles. The average Bonchev–Trinajstić information content (AvgIpc) is 3.01. The lowest BCUT2D eigenvalue weighted by Crippen LogP contribution is -2.32. The van der Waals surface area contributed by atoms with Crippen LogP contribution in [0.4, 0.5) is 0 Å². The van der Waals surface area contributed by atoms with Crippen LogP contribution in [0.25, 0.3) is 10.8 Å². The molecule has 0 amide bonds. The molecule has 2 heterocycles. The Morgan fingerprint density at radius 3 is 2.00 bits per heavy atom. The molecule has 4 aromatic rings. The van der Waals surface area contributed by atoms with Crippen LogP contribution in [0.3, 0.4) is 0 Å². The van der Waals surface area contributed by atoms with Crippen LogP contribution in [0.5, 0.6) is 28.7 Å². The molecule has 5 rings (SSSR count). The van der Waals surface area contributed by atoms with Crippen LogP contribution in [0, 0.1) is 0 Å². The van der Waals surface area contributed by atoms with Crippen molar-refractivity contribution >= 4 is 10.8 Å². The van der Waals surface area contributed by atoms with Crippen molar-refractivity contribution in [2.75, 3.05) is 48.6 Å². The van der Waals surface area contributed by atoms with Gasteiger partial charge in [0.2, 0.25) is 0 Å². The Hall–Kier alpha value is -3.97. The molecule has 0 bridgehead atoms. The number of fused-ring (bicyclic) bond motifs is 1. The topological polar surface area (TPSA) is 62.3 Å². The normalized spacial score (nSPS) is 14.2. The Kier molecular flexibility index (Phi) is 8.60. The molecule has 1 aliphatic rings. The van der Waals surface area contributed by atoms with E-state index in [-0.39, 0.29) is 0 Å². The molecule has 210 valence electrons. The highest BCUT2D eigenvalue weighted by Crippen LogP contribution is 2.38. The first-order valence-corrected chi connectivity index (χ1v) is 13.7. The van der Waals surface area contributed by atoms with Crippen molar-refractivity contribution < 1.29 is 23.7 Å². The van der Waals surface area contributed by atoms with Gasteiger partial charge in [-0.2, -0.15) is 0 Å². The molecule has 0 atom stereocenters. The Morgan fingerprint density at radius 1 is 0.700 bits per heavy atom. The number of ether oxygens (including phenoxy) is 5. The van der Waals surface area contributed by atoms with Crippen molar-refractivity contribution in [1.82, 2.24) is 9.88 Å². The smallest absolute Gasteiger partial charge is 0.161 e. The first-order chi connectivity index (χ1) is 19.6. The van der Waals surface area contributed by atoms with Gasteiger partial charge in [0.1, 0.15) is 5.75 Å². The van der Waals surface area contributed by atoms with Gasteiger partial charge in [-0.3, -0.25) is 9.88 Å². The minimum atomic E-state index is 0.510. The summed E-state index contributed by atoms with van der Waals surface area (Å²) < 4.78 is 27.9. The van der Waals surface area contributed by atoms with Crippen molar-refractivity contribution in [2.24, 2.45) is 0 Å². The van der Waals surface area contributed by atoms with Crippen molar-refractivity contribution in [1.29, 1.82) is 0 Å². The van der Waals surface area contributed by atoms with Crippen LogP contribution in [0.2, 0.25) is 0 Å². The molecule has 0 N–H and O–H groups in total.